The summed E-state index contributed by atoms with van der Waals surface area (Å²) in [5.41, 5.74) is 1.20. The van der Waals surface area contributed by atoms with E-state index in [1.165, 1.54) is 19.2 Å². The molecular weight excluding hydrogens is 416 g/mol. The van der Waals surface area contributed by atoms with E-state index in [1.54, 1.807) is 29.2 Å². The van der Waals surface area contributed by atoms with E-state index in [0.29, 0.717) is 54.8 Å². The number of hydrogen-bond acceptors (Lipinski definition) is 7. The molecule has 9 heteroatoms. The van der Waals surface area contributed by atoms with Gasteiger partial charge in [0.15, 0.2) is 18.1 Å². The van der Waals surface area contributed by atoms with Gasteiger partial charge in [-0.1, -0.05) is 0 Å². The molecule has 170 valence electrons. The van der Waals surface area contributed by atoms with Crippen LogP contribution in [0.1, 0.15) is 34.6 Å². The Bertz CT molecular complexity index is 967. The van der Waals surface area contributed by atoms with E-state index >= 15 is 0 Å². The van der Waals surface area contributed by atoms with Crippen molar-refractivity contribution in [1.29, 1.82) is 0 Å². The molecule has 0 radical (unpaired) electrons. The minimum Gasteiger partial charge on any atom is -0.493 e. The highest BCUT2D eigenvalue weighted by atomic mass is 16.6. The monoisotopic (exact) mass is 442 g/mol. The van der Waals surface area contributed by atoms with Gasteiger partial charge in [-0.25, -0.2) is 4.79 Å². The first kappa shape index (κ1) is 22.9. The fraction of sp³-hybridized carbons (Fsp3) is 0.348. The molecule has 1 aliphatic rings. The van der Waals surface area contributed by atoms with Crippen molar-refractivity contribution in [2.75, 3.05) is 45.3 Å². The topological polar surface area (TPSA) is 103 Å². The molecule has 9 nitrogen and oxygen atoms in total. The van der Waals surface area contributed by atoms with Crippen LogP contribution in [-0.2, 0) is 9.53 Å². The van der Waals surface area contributed by atoms with Crippen LogP contribution in [-0.4, -0.2) is 62.7 Å². The highest BCUT2D eigenvalue weighted by Gasteiger charge is 2.22. The van der Waals surface area contributed by atoms with Gasteiger partial charge in [-0.2, -0.15) is 0 Å². The highest BCUT2D eigenvalue weighted by Crippen LogP contribution is 2.40. The summed E-state index contributed by atoms with van der Waals surface area (Å²) < 4.78 is 21.4. The van der Waals surface area contributed by atoms with Crippen molar-refractivity contribution < 1.29 is 33.3 Å². The summed E-state index contributed by atoms with van der Waals surface area (Å²) in [6, 6.07) is 9.50. The third-order valence-electron chi connectivity index (χ3n) is 4.86. The van der Waals surface area contributed by atoms with Crippen LogP contribution < -0.4 is 19.5 Å². The molecular formula is C23H26N2O7. The summed E-state index contributed by atoms with van der Waals surface area (Å²) in [6.07, 6.45) is 0. The van der Waals surface area contributed by atoms with Crippen LogP contribution in [0.2, 0.25) is 0 Å². The van der Waals surface area contributed by atoms with Crippen LogP contribution in [0.15, 0.2) is 36.4 Å². The molecule has 32 heavy (non-hydrogen) atoms. The van der Waals surface area contributed by atoms with Gasteiger partial charge in [0.05, 0.1) is 12.7 Å². The van der Waals surface area contributed by atoms with Gasteiger partial charge in [0.25, 0.3) is 11.8 Å². The molecule has 0 bridgehead atoms. The minimum atomic E-state index is -0.699. The van der Waals surface area contributed by atoms with E-state index in [-0.39, 0.29) is 11.5 Å². The Morgan fingerprint density at radius 3 is 2.34 bits per heavy atom. The van der Waals surface area contributed by atoms with Crippen molar-refractivity contribution >= 4 is 23.5 Å². The number of anilines is 1. The number of carbonyl (C=O) groups is 3. The first-order chi connectivity index (χ1) is 15.5. The van der Waals surface area contributed by atoms with Crippen molar-refractivity contribution in [3.05, 3.63) is 47.5 Å². The maximum absolute atomic E-state index is 12.4. The summed E-state index contributed by atoms with van der Waals surface area (Å²) in [5.74, 6) is -0.127. The summed E-state index contributed by atoms with van der Waals surface area (Å²) in [5, 5.41) is 2.63. The van der Waals surface area contributed by atoms with E-state index in [4.69, 9.17) is 18.9 Å². The van der Waals surface area contributed by atoms with Gasteiger partial charge in [0, 0.05) is 24.3 Å². The lowest BCUT2D eigenvalue weighted by Crippen LogP contribution is -2.30. The number of nitrogens with one attached hydrogen (secondary N) is 1. The number of fused-ring (bicyclic) bond motifs is 1. The molecule has 2 aromatic rings. The Balaban J connectivity index is 1.57. The van der Waals surface area contributed by atoms with E-state index in [2.05, 4.69) is 5.32 Å². The summed E-state index contributed by atoms with van der Waals surface area (Å²) >= 11 is 0. The Morgan fingerprint density at radius 2 is 1.69 bits per heavy atom. The third kappa shape index (κ3) is 5.29. The zero-order valence-corrected chi connectivity index (χ0v) is 18.3. The highest BCUT2D eigenvalue weighted by molar-refractivity contribution is 5.97. The average molecular weight is 442 g/mol. The van der Waals surface area contributed by atoms with Crippen molar-refractivity contribution in [3.8, 4) is 17.2 Å². The standard InChI is InChI=1S/C23H26N2O7/c1-4-25(5-2)22(27)15-6-8-17(9-7-15)24-20(26)14-32-23(28)16-12-18(29-3)21-19(13-16)30-10-11-31-21/h6-9,12-13H,4-5,10-11,14H2,1-3H3,(H,24,26). The lowest BCUT2D eigenvalue weighted by Gasteiger charge is -2.21. The molecule has 1 N–H and O–H groups in total. The Kier molecular flexibility index (Phi) is 7.54. The van der Waals surface area contributed by atoms with Gasteiger partial charge >= 0.3 is 5.97 Å². The average Bonchev–Trinajstić information content (AvgIpc) is 2.82. The summed E-state index contributed by atoms with van der Waals surface area (Å²) in [6.45, 7) is 5.34. The maximum Gasteiger partial charge on any atom is 0.338 e. The normalized spacial score (nSPS) is 12.0. The van der Waals surface area contributed by atoms with Gasteiger partial charge in [-0.05, 0) is 50.2 Å². The predicted octanol–water partition coefficient (Wildman–Crippen LogP) is 2.74. The molecule has 1 heterocycles. The second-order valence-electron chi connectivity index (χ2n) is 6.88. The molecule has 2 amide bonds. The van der Waals surface area contributed by atoms with Crippen molar-refractivity contribution in [2.24, 2.45) is 0 Å². The van der Waals surface area contributed by atoms with E-state index in [9.17, 15) is 14.4 Å². The number of ether oxygens (including phenoxy) is 4. The Hall–Kier alpha value is -3.75. The molecule has 2 aromatic carbocycles. The molecule has 0 aliphatic carbocycles. The summed E-state index contributed by atoms with van der Waals surface area (Å²) in [7, 11) is 1.46. The zero-order chi connectivity index (χ0) is 23.1. The van der Waals surface area contributed by atoms with E-state index in [0.717, 1.165) is 0 Å². The van der Waals surface area contributed by atoms with Crippen LogP contribution in [0.25, 0.3) is 0 Å². The van der Waals surface area contributed by atoms with Gasteiger partial charge in [-0.15, -0.1) is 0 Å². The predicted molar refractivity (Wildman–Crippen MR) is 117 cm³/mol. The molecule has 0 aromatic heterocycles. The van der Waals surface area contributed by atoms with Crippen LogP contribution in [0, 0.1) is 0 Å². The fourth-order valence-electron chi connectivity index (χ4n) is 3.19. The Labute approximate surface area is 186 Å². The van der Waals surface area contributed by atoms with Crippen LogP contribution in [0.3, 0.4) is 0 Å². The van der Waals surface area contributed by atoms with Gasteiger partial charge in [0.1, 0.15) is 13.2 Å². The number of methoxy groups -OCH3 is 1. The number of esters is 1. The van der Waals surface area contributed by atoms with Crippen molar-refractivity contribution in [2.45, 2.75) is 13.8 Å². The smallest absolute Gasteiger partial charge is 0.338 e. The minimum absolute atomic E-state index is 0.0725. The SMILES string of the molecule is CCN(CC)C(=O)c1ccc(NC(=O)COC(=O)c2cc(OC)c3c(c2)OCCO3)cc1. The number of amides is 2. The number of nitrogens with zero attached hydrogens (tertiary/aromatic N) is 1. The second-order valence-corrected chi connectivity index (χ2v) is 6.88. The molecule has 0 spiro atoms. The van der Waals surface area contributed by atoms with Crippen LogP contribution >= 0.6 is 0 Å². The maximum atomic E-state index is 12.4. The molecule has 1 aliphatic heterocycles. The first-order valence-corrected chi connectivity index (χ1v) is 10.3. The van der Waals surface area contributed by atoms with Crippen LogP contribution in [0.4, 0.5) is 5.69 Å². The fourth-order valence-corrected chi connectivity index (χ4v) is 3.19. The molecule has 0 unspecified atom stereocenters. The van der Waals surface area contributed by atoms with Gasteiger partial charge < -0.3 is 29.2 Å². The summed E-state index contributed by atoms with van der Waals surface area (Å²) in [4.78, 5) is 38.6. The van der Waals surface area contributed by atoms with Crippen molar-refractivity contribution in [1.82, 2.24) is 4.90 Å². The van der Waals surface area contributed by atoms with Gasteiger partial charge in [0.2, 0.25) is 5.75 Å². The Morgan fingerprint density at radius 1 is 1.00 bits per heavy atom. The molecule has 0 atom stereocenters. The third-order valence-corrected chi connectivity index (χ3v) is 4.86. The lowest BCUT2D eigenvalue weighted by molar-refractivity contribution is -0.119. The zero-order valence-electron chi connectivity index (χ0n) is 18.3. The molecule has 0 saturated heterocycles. The number of benzene rings is 2. The quantitative estimate of drug-likeness (QED) is 0.627. The van der Waals surface area contributed by atoms with Gasteiger partial charge in [-0.3, -0.25) is 9.59 Å². The molecule has 0 saturated carbocycles. The number of hydrogen-bond donors (Lipinski definition) is 1. The van der Waals surface area contributed by atoms with E-state index in [1.807, 2.05) is 13.8 Å². The van der Waals surface area contributed by atoms with Crippen LogP contribution in [0.5, 0.6) is 17.2 Å². The molecule has 3 rings (SSSR count). The second kappa shape index (κ2) is 10.5. The number of rotatable bonds is 8. The molecule has 0 fully saturated rings. The van der Waals surface area contributed by atoms with Crippen molar-refractivity contribution in [3.63, 3.8) is 0 Å². The lowest BCUT2D eigenvalue weighted by atomic mass is 10.1. The largest absolute Gasteiger partial charge is 0.493 e. The van der Waals surface area contributed by atoms with E-state index < -0.39 is 18.5 Å². The first-order valence-electron chi connectivity index (χ1n) is 10.3. The number of carbonyl (C=O) groups excluding carboxylic acids is 3.